The van der Waals surface area contributed by atoms with Crippen LogP contribution in [0.15, 0.2) is 61.1 Å². The lowest BCUT2D eigenvalue weighted by molar-refractivity contribution is 0.210. The molecule has 4 aromatic rings. The van der Waals surface area contributed by atoms with Gasteiger partial charge in [0, 0.05) is 11.6 Å². The lowest BCUT2D eigenvalue weighted by atomic mass is 10.1. The fourth-order valence-electron chi connectivity index (χ4n) is 2.56. The Morgan fingerprint density at radius 1 is 1.04 bits per heavy atom. The summed E-state index contributed by atoms with van der Waals surface area (Å²) in [5.74, 6) is 1.000. The first-order chi connectivity index (χ1) is 12.2. The van der Waals surface area contributed by atoms with Crippen molar-refractivity contribution in [1.29, 1.82) is 0 Å². The van der Waals surface area contributed by atoms with Crippen LogP contribution in [0, 0.1) is 5.82 Å². The van der Waals surface area contributed by atoms with Crippen molar-refractivity contribution in [3.63, 3.8) is 0 Å². The molecule has 7 heteroatoms. The maximum Gasteiger partial charge on any atom is 0.164 e. The first kappa shape index (κ1) is 15.2. The van der Waals surface area contributed by atoms with E-state index in [9.17, 15) is 9.50 Å². The first-order valence-corrected chi connectivity index (χ1v) is 7.67. The Morgan fingerprint density at radius 2 is 1.84 bits per heavy atom. The summed E-state index contributed by atoms with van der Waals surface area (Å²) in [7, 11) is 0. The van der Waals surface area contributed by atoms with Crippen LogP contribution in [-0.2, 0) is 0 Å². The van der Waals surface area contributed by atoms with Crippen molar-refractivity contribution in [3.05, 3.63) is 78.3 Å². The second kappa shape index (κ2) is 6.29. The molecule has 4 rings (SSSR count). The van der Waals surface area contributed by atoms with E-state index < -0.39 is 6.10 Å². The number of aliphatic hydroxyl groups is 1. The maximum absolute atomic E-state index is 13.1. The average Bonchev–Trinajstić information content (AvgIpc) is 3.15. The highest BCUT2D eigenvalue weighted by molar-refractivity contribution is 5.90. The fourth-order valence-corrected chi connectivity index (χ4v) is 2.56. The van der Waals surface area contributed by atoms with Gasteiger partial charge in [-0.2, -0.15) is 0 Å². The number of aromatic nitrogens is 4. The van der Waals surface area contributed by atoms with E-state index in [-0.39, 0.29) is 11.6 Å². The topological polar surface area (TPSA) is 86.7 Å². The highest BCUT2D eigenvalue weighted by atomic mass is 19.1. The van der Waals surface area contributed by atoms with Gasteiger partial charge in [0.1, 0.15) is 23.6 Å². The van der Waals surface area contributed by atoms with Gasteiger partial charge in [-0.15, -0.1) is 0 Å². The Bertz CT molecular complexity index is 1000. The van der Waals surface area contributed by atoms with Crippen LogP contribution in [0.4, 0.5) is 16.0 Å². The minimum Gasteiger partial charge on any atom is -0.380 e. The summed E-state index contributed by atoms with van der Waals surface area (Å²) in [5, 5.41) is 14.5. The Kier molecular flexibility index (Phi) is 3.83. The van der Waals surface area contributed by atoms with Gasteiger partial charge in [0.15, 0.2) is 5.82 Å². The quantitative estimate of drug-likeness (QED) is 0.532. The number of halogens is 1. The van der Waals surface area contributed by atoms with Crippen LogP contribution in [0.5, 0.6) is 0 Å². The molecule has 3 N–H and O–H groups in total. The highest BCUT2D eigenvalue weighted by Crippen LogP contribution is 2.27. The molecule has 0 aliphatic rings. The molecule has 0 aliphatic heterocycles. The Morgan fingerprint density at radius 3 is 2.60 bits per heavy atom. The van der Waals surface area contributed by atoms with E-state index in [1.807, 2.05) is 24.3 Å². The SMILES string of the molecule is O[C@@H](c1ccc(F)cc1)c1nc(Nc2c[nH]cn2)c2ccccc2n1. The van der Waals surface area contributed by atoms with Gasteiger partial charge < -0.3 is 15.4 Å². The van der Waals surface area contributed by atoms with Crippen molar-refractivity contribution in [2.45, 2.75) is 6.10 Å². The highest BCUT2D eigenvalue weighted by Gasteiger charge is 2.17. The van der Waals surface area contributed by atoms with E-state index in [0.29, 0.717) is 22.7 Å². The van der Waals surface area contributed by atoms with Crippen LogP contribution in [-0.4, -0.2) is 25.0 Å². The van der Waals surface area contributed by atoms with Crippen LogP contribution >= 0.6 is 0 Å². The summed E-state index contributed by atoms with van der Waals surface area (Å²) in [6.45, 7) is 0. The van der Waals surface area contributed by atoms with Gasteiger partial charge in [0.2, 0.25) is 0 Å². The summed E-state index contributed by atoms with van der Waals surface area (Å²) < 4.78 is 13.1. The minimum atomic E-state index is -1.06. The number of para-hydroxylation sites is 1. The number of hydrogen-bond acceptors (Lipinski definition) is 5. The first-order valence-electron chi connectivity index (χ1n) is 7.67. The summed E-state index contributed by atoms with van der Waals surface area (Å²) in [6, 6.07) is 13.1. The number of anilines is 2. The van der Waals surface area contributed by atoms with Crippen molar-refractivity contribution in [1.82, 2.24) is 19.9 Å². The van der Waals surface area contributed by atoms with Crippen molar-refractivity contribution in [2.75, 3.05) is 5.32 Å². The summed E-state index contributed by atoms with van der Waals surface area (Å²) in [4.78, 5) is 15.9. The number of rotatable bonds is 4. The fraction of sp³-hybridized carbons (Fsp3) is 0.0556. The van der Waals surface area contributed by atoms with Crippen molar-refractivity contribution in [2.24, 2.45) is 0 Å². The molecule has 0 amide bonds. The minimum absolute atomic E-state index is 0.225. The van der Waals surface area contributed by atoms with Crippen LogP contribution in [0.1, 0.15) is 17.5 Å². The van der Waals surface area contributed by atoms with Crippen LogP contribution in [0.25, 0.3) is 10.9 Å². The molecule has 0 unspecified atom stereocenters. The number of nitrogens with one attached hydrogen (secondary N) is 2. The summed E-state index contributed by atoms with van der Waals surface area (Å²) >= 11 is 0. The Hall–Kier alpha value is -3.32. The number of aromatic amines is 1. The predicted molar refractivity (Wildman–Crippen MR) is 91.9 cm³/mol. The van der Waals surface area contributed by atoms with E-state index in [4.69, 9.17) is 0 Å². The van der Waals surface area contributed by atoms with Crippen LogP contribution < -0.4 is 5.32 Å². The zero-order valence-electron chi connectivity index (χ0n) is 13.0. The monoisotopic (exact) mass is 335 g/mol. The third kappa shape index (κ3) is 3.05. The van der Waals surface area contributed by atoms with Gasteiger partial charge in [-0.25, -0.2) is 19.3 Å². The van der Waals surface area contributed by atoms with E-state index in [1.54, 1.807) is 12.5 Å². The zero-order chi connectivity index (χ0) is 17.2. The average molecular weight is 335 g/mol. The summed E-state index contributed by atoms with van der Waals surface area (Å²) in [5.41, 5.74) is 1.20. The number of H-pyrrole nitrogens is 1. The molecule has 0 saturated carbocycles. The lowest BCUT2D eigenvalue weighted by Crippen LogP contribution is -2.08. The van der Waals surface area contributed by atoms with Crippen molar-refractivity contribution in [3.8, 4) is 0 Å². The van der Waals surface area contributed by atoms with Crippen LogP contribution in [0.3, 0.4) is 0 Å². The standard InChI is InChI=1S/C18H14FN5O/c19-12-7-5-11(6-8-12)16(25)18-22-14-4-2-1-3-13(14)17(24-18)23-15-9-20-10-21-15/h1-10,16,25H,(H,20,21)(H,22,23,24)/t16-/m0/s1. The molecule has 0 aliphatic carbocycles. The maximum atomic E-state index is 13.1. The van der Waals surface area contributed by atoms with E-state index in [1.165, 1.54) is 24.3 Å². The van der Waals surface area contributed by atoms with E-state index in [0.717, 1.165) is 5.39 Å². The van der Waals surface area contributed by atoms with Gasteiger partial charge in [0.25, 0.3) is 0 Å². The number of nitrogens with zero attached hydrogens (tertiary/aromatic N) is 3. The zero-order valence-corrected chi connectivity index (χ0v) is 13.0. The molecular formula is C18H14FN5O. The number of benzene rings is 2. The number of aliphatic hydroxyl groups excluding tert-OH is 1. The molecule has 2 heterocycles. The molecule has 25 heavy (non-hydrogen) atoms. The second-order valence-corrected chi connectivity index (χ2v) is 5.48. The molecule has 2 aromatic heterocycles. The molecule has 0 spiro atoms. The summed E-state index contributed by atoms with van der Waals surface area (Å²) in [6.07, 6.45) is 2.19. The molecule has 1 atom stereocenters. The largest absolute Gasteiger partial charge is 0.380 e. The van der Waals surface area contributed by atoms with Crippen molar-refractivity contribution >= 4 is 22.5 Å². The third-order valence-corrected chi connectivity index (χ3v) is 3.80. The van der Waals surface area contributed by atoms with Gasteiger partial charge in [-0.3, -0.25) is 0 Å². The number of imidazole rings is 1. The Labute approximate surface area is 142 Å². The molecule has 0 saturated heterocycles. The van der Waals surface area contributed by atoms with Gasteiger partial charge in [-0.05, 0) is 29.8 Å². The molecule has 0 radical (unpaired) electrons. The number of hydrogen-bond donors (Lipinski definition) is 3. The molecule has 124 valence electrons. The smallest absolute Gasteiger partial charge is 0.164 e. The normalized spacial score (nSPS) is 12.2. The van der Waals surface area contributed by atoms with E-state index in [2.05, 4.69) is 25.3 Å². The Balaban J connectivity index is 1.80. The predicted octanol–water partition coefficient (Wildman–Crippen LogP) is 3.32. The van der Waals surface area contributed by atoms with Crippen molar-refractivity contribution < 1.29 is 9.50 Å². The van der Waals surface area contributed by atoms with Gasteiger partial charge in [-0.1, -0.05) is 24.3 Å². The third-order valence-electron chi connectivity index (χ3n) is 3.80. The van der Waals surface area contributed by atoms with E-state index >= 15 is 0 Å². The van der Waals surface area contributed by atoms with Gasteiger partial charge in [0.05, 0.1) is 11.8 Å². The molecule has 2 aromatic carbocycles. The number of fused-ring (bicyclic) bond motifs is 1. The van der Waals surface area contributed by atoms with Gasteiger partial charge >= 0.3 is 0 Å². The lowest BCUT2D eigenvalue weighted by Gasteiger charge is -2.13. The molecular weight excluding hydrogens is 321 g/mol. The molecule has 6 nitrogen and oxygen atoms in total. The second-order valence-electron chi connectivity index (χ2n) is 5.48. The molecule has 0 fully saturated rings. The van der Waals surface area contributed by atoms with Crippen LogP contribution in [0.2, 0.25) is 0 Å². The molecule has 0 bridgehead atoms.